The molecule has 3 heterocycles. The molecule has 27 heavy (non-hydrogen) atoms. The molecular weight excluding hydrogens is 406 g/mol. The van der Waals surface area contributed by atoms with Gasteiger partial charge in [-0.05, 0) is 24.0 Å². The Morgan fingerprint density at radius 2 is 1.96 bits per heavy atom. The molecule has 0 aliphatic heterocycles. The molecule has 2 N–H and O–H groups in total. The molecule has 1 aromatic carbocycles. The molecule has 0 saturated heterocycles. The third kappa shape index (κ3) is 3.06. The highest BCUT2D eigenvalue weighted by Crippen LogP contribution is 2.34. The Balaban J connectivity index is 1.78. The van der Waals surface area contributed by atoms with Crippen molar-refractivity contribution in [1.82, 2.24) is 19.3 Å². The Morgan fingerprint density at radius 1 is 1.26 bits per heavy atom. The maximum atomic E-state index is 12.9. The zero-order valence-corrected chi connectivity index (χ0v) is 16.9. The minimum Gasteiger partial charge on any atom is -0.323 e. The molecule has 0 unspecified atom stereocenters. The van der Waals surface area contributed by atoms with Gasteiger partial charge in [0.25, 0.3) is 5.56 Å². The van der Waals surface area contributed by atoms with Crippen molar-refractivity contribution in [2.24, 2.45) is 12.2 Å². The van der Waals surface area contributed by atoms with E-state index >= 15 is 0 Å². The predicted molar refractivity (Wildman–Crippen MR) is 107 cm³/mol. The van der Waals surface area contributed by atoms with Crippen molar-refractivity contribution in [2.75, 3.05) is 6.26 Å². The highest BCUT2D eigenvalue weighted by molar-refractivity contribution is 8.00. The maximum absolute atomic E-state index is 12.9. The van der Waals surface area contributed by atoms with Crippen molar-refractivity contribution in [1.29, 1.82) is 0 Å². The third-order valence-electron chi connectivity index (χ3n) is 4.26. The van der Waals surface area contributed by atoms with E-state index in [1.54, 1.807) is 46.0 Å². The van der Waals surface area contributed by atoms with Crippen molar-refractivity contribution < 1.29 is 8.42 Å². The zero-order valence-electron chi connectivity index (χ0n) is 14.4. The fourth-order valence-electron chi connectivity index (χ4n) is 2.93. The number of hydrogen-bond acceptors (Lipinski definition) is 7. The van der Waals surface area contributed by atoms with E-state index in [1.165, 1.54) is 16.8 Å². The molecule has 3 aromatic heterocycles. The lowest BCUT2D eigenvalue weighted by Gasteiger charge is -2.06. The van der Waals surface area contributed by atoms with Gasteiger partial charge in [0.05, 0.1) is 22.3 Å². The van der Waals surface area contributed by atoms with Crippen LogP contribution in [0.5, 0.6) is 0 Å². The average molecular weight is 422 g/mol. The van der Waals surface area contributed by atoms with Crippen LogP contribution < -0.4 is 10.7 Å². The molecule has 0 saturated carbocycles. The van der Waals surface area contributed by atoms with E-state index in [4.69, 9.17) is 5.14 Å². The fraction of sp³-hybridized carbons (Fsp3) is 0.188. The van der Waals surface area contributed by atoms with Gasteiger partial charge in [0.15, 0.2) is 9.99 Å². The summed E-state index contributed by atoms with van der Waals surface area (Å²) in [6.07, 6.45) is 3.65. The summed E-state index contributed by atoms with van der Waals surface area (Å²) in [5, 5.41) is 10.2. The summed E-state index contributed by atoms with van der Waals surface area (Å²) in [6, 6.07) is 6.07. The summed E-state index contributed by atoms with van der Waals surface area (Å²) >= 11 is 3.11. The first kappa shape index (κ1) is 18.2. The van der Waals surface area contributed by atoms with Gasteiger partial charge in [-0.2, -0.15) is 5.10 Å². The first-order valence-corrected chi connectivity index (χ1v) is 11.4. The second-order valence-corrected chi connectivity index (χ2v) is 9.57. The molecule has 0 atom stereocenters. The standard InChI is InChI=1S/C16H15N5O3S3/c1-20-12-11(13-14(20)19-16(25-2)26-13)7-18-21(15(12)22)8-9-3-5-10(6-4-9)27(17,23)24/h3-7H,8H2,1-2H3,(H2,17,23,24). The van der Waals surface area contributed by atoms with Crippen molar-refractivity contribution in [3.05, 3.63) is 46.4 Å². The molecule has 4 aromatic rings. The van der Waals surface area contributed by atoms with Crippen LogP contribution in [0.2, 0.25) is 0 Å². The number of nitrogens with zero attached hydrogens (tertiary/aromatic N) is 4. The molecule has 0 amide bonds. The molecule has 0 fully saturated rings. The van der Waals surface area contributed by atoms with Gasteiger partial charge in [-0.25, -0.2) is 23.2 Å². The number of nitrogens with two attached hydrogens (primary N) is 1. The Bertz CT molecular complexity index is 1330. The van der Waals surface area contributed by atoms with Gasteiger partial charge >= 0.3 is 0 Å². The van der Waals surface area contributed by atoms with E-state index in [1.807, 2.05) is 13.3 Å². The number of primary sulfonamides is 1. The molecule has 4 rings (SSSR count). The van der Waals surface area contributed by atoms with E-state index in [0.29, 0.717) is 5.52 Å². The van der Waals surface area contributed by atoms with E-state index in [2.05, 4.69) is 10.1 Å². The van der Waals surface area contributed by atoms with Gasteiger partial charge in [-0.1, -0.05) is 23.9 Å². The number of aromatic nitrogens is 4. The SMILES string of the molecule is CSc1nc2c(s1)c1cnn(Cc3ccc(S(N)(=O)=O)cc3)c(=O)c1n2C. The van der Waals surface area contributed by atoms with Crippen molar-refractivity contribution in [3.63, 3.8) is 0 Å². The number of sulfonamides is 1. The number of thiazole rings is 1. The maximum Gasteiger partial charge on any atom is 0.291 e. The van der Waals surface area contributed by atoms with Crippen molar-refractivity contribution >= 4 is 54.4 Å². The van der Waals surface area contributed by atoms with Crippen LogP contribution in [0.3, 0.4) is 0 Å². The quantitative estimate of drug-likeness (QED) is 0.503. The van der Waals surface area contributed by atoms with Gasteiger partial charge in [0.1, 0.15) is 5.52 Å². The Labute approximate surface area is 162 Å². The average Bonchev–Trinajstić information content (AvgIpc) is 3.16. The molecule has 0 bridgehead atoms. The van der Waals surface area contributed by atoms with Gasteiger partial charge in [0.2, 0.25) is 10.0 Å². The summed E-state index contributed by atoms with van der Waals surface area (Å²) < 4.78 is 27.7. The van der Waals surface area contributed by atoms with Crippen LogP contribution in [-0.2, 0) is 23.6 Å². The highest BCUT2D eigenvalue weighted by Gasteiger charge is 2.18. The molecule has 140 valence electrons. The Morgan fingerprint density at radius 3 is 2.59 bits per heavy atom. The number of aryl methyl sites for hydroxylation is 1. The van der Waals surface area contributed by atoms with Crippen LogP contribution in [0.15, 0.2) is 44.5 Å². The summed E-state index contributed by atoms with van der Waals surface area (Å²) in [4.78, 5) is 17.5. The number of thioether (sulfide) groups is 1. The second kappa shape index (κ2) is 6.44. The summed E-state index contributed by atoms with van der Waals surface area (Å²) in [5.74, 6) is 0. The predicted octanol–water partition coefficient (Wildman–Crippen LogP) is 1.76. The van der Waals surface area contributed by atoms with Gasteiger partial charge < -0.3 is 4.57 Å². The van der Waals surface area contributed by atoms with Crippen LogP contribution in [0.25, 0.3) is 21.3 Å². The zero-order chi connectivity index (χ0) is 19.3. The number of benzene rings is 1. The molecule has 0 radical (unpaired) electrons. The van der Waals surface area contributed by atoms with E-state index < -0.39 is 10.0 Å². The summed E-state index contributed by atoms with van der Waals surface area (Å²) in [5.41, 5.74) is 1.85. The van der Waals surface area contributed by atoms with E-state index in [-0.39, 0.29) is 17.0 Å². The van der Waals surface area contributed by atoms with Crippen molar-refractivity contribution in [2.45, 2.75) is 15.8 Å². The number of rotatable bonds is 4. The van der Waals surface area contributed by atoms with Crippen molar-refractivity contribution in [3.8, 4) is 0 Å². The smallest absolute Gasteiger partial charge is 0.291 e. The van der Waals surface area contributed by atoms with E-state index in [0.717, 1.165) is 25.6 Å². The minimum atomic E-state index is -3.74. The molecular formula is C16H15N5O3S3. The molecule has 11 heteroatoms. The van der Waals surface area contributed by atoms with Crippen LogP contribution in [-0.4, -0.2) is 34.0 Å². The Kier molecular flexibility index (Phi) is 4.34. The van der Waals surface area contributed by atoms with Gasteiger partial charge in [-0.15, -0.1) is 11.3 Å². The molecule has 8 nitrogen and oxygen atoms in total. The Hall–Kier alpha value is -2.21. The number of hydrogen-bond donors (Lipinski definition) is 1. The van der Waals surface area contributed by atoms with E-state index in [9.17, 15) is 13.2 Å². The monoisotopic (exact) mass is 421 g/mol. The van der Waals surface area contributed by atoms with Crippen LogP contribution in [0.1, 0.15) is 5.56 Å². The highest BCUT2D eigenvalue weighted by atomic mass is 32.2. The number of fused-ring (bicyclic) bond motifs is 3. The lowest BCUT2D eigenvalue weighted by molar-refractivity contribution is 0.597. The molecule has 0 aliphatic rings. The van der Waals surface area contributed by atoms with Crippen LogP contribution in [0.4, 0.5) is 0 Å². The molecule has 0 aliphatic carbocycles. The largest absolute Gasteiger partial charge is 0.323 e. The summed E-state index contributed by atoms with van der Waals surface area (Å²) in [6.45, 7) is 0.224. The lowest BCUT2D eigenvalue weighted by atomic mass is 10.2. The minimum absolute atomic E-state index is 0.0281. The molecule has 0 spiro atoms. The fourth-order valence-corrected chi connectivity index (χ4v) is 5.04. The first-order chi connectivity index (χ1) is 12.8. The summed E-state index contributed by atoms with van der Waals surface area (Å²) in [7, 11) is -1.92. The van der Waals surface area contributed by atoms with Crippen LogP contribution in [0, 0.1) is 0 Å². The van der Waals surface area contributed by atoms with Crippen LogP contribution >= 0.6 is 23.1 Å². The van der Waals surface area contributed by atoms with Gasteiger partial charge in [-0.3, -0.25) is 4.79 Å². The second-order valence-electron chi connectivity index (χ2n) is 5.95. The first-order valence-electron chi connectivity index (χ1n) is 7.80. The topological polar surface area (TPSA) is 113 Å². The van der Waals surface area contributed by atoms with Gasteiger partial charge in [0, 0.05) is 12.4 Å². The normalized spacial score (nSPS) is 12.3. The lowest BCUT2D eigenvalue weighted by Crippen LogP contribution is -2.24. The third-order valence-corrected chi connectivity index (χ3v) is 7.26.